The third-order valence-corrected chi connectivity index (χ3v) is 4.99. The largest absolute Gasteiger partial charge is 0.365 e. The summed E-state index contributed by atoms with van der Waals surface area (Å²) in [6.07, 6.45) is 1.74. The van der Waals surface area contributed by atoms with E-state index in [0.29, 0.717) is 35.6 Å². The van der Waals surface area contributed by atoms with E-state index < -0.39 is 0 Å². The number of hydrogen-bond donors (Lipinski definition) is 0. The molecule has 0 unspecified atom stereocenters. The first-order valence-corrected chi connectivity index (χ1v) is 8.82. The van der Waals surface area contributed by atoms with E-state index in [-0.39, 0.29) is 6.10 Å². The Balaban J connectivity index is 1.45. The number of aryl methyl sites for hydroxylation is 1. The molecule has 0 N–H and O–H groups in total. The molecule has 8 nitrogen and oxygen atoms in total. The minimum atomic E-state index is -0.176. The molecule has 0 amide bonds. The van der Waals surface area contributed by atoms with Crippen molar-refractivity contribution in [1.82, 2.24) is 29.7 Å². The Labute approximate surface area is 159 Å². The predicted molar refractivity (Wildman–Crippen MR) is 96.7 cm³/mol. The van der Waals surface area contributed by atoms with Gasteiger partial charge >= 0.3 is 0 Å². The maximum absolute atomic E-state index is 6.29. The second-order valence-electron chi connectivity index (χ2n) is 6.32. The van der Waals surface area contributed by atoms with Gasteiger partial charge in [-0.3, -0.25) is 0 Å². The Morgan fingerprint density at radius 3 is 2.89 bits per heavy atom. The summed E-state index contributed by atoms with van der Waals surface area (Å²) in [5, 5.41) is 13.2. The second-order valence-corrected chi connectivity index (χ2v) is 6.72. The van der Waals surface area contributed by atoms with E-state index in [2.05, 4.69) is 20.5 Å². The summed E-state index contributed by atoms with van der Waals surface area (Å²) in [6.45, 7) is 0.862. The van der Waals surface area contributed by atoms with Gasteiger partial charge < -0.3 is 13.8 Å². The molecule has 27 heavy (non-hydrogen) atoms. The lowest BCUT2D eigenvalue weighted by Crippen LogP contribution is -2.22. The molecule has 0 saturated heterocycles. The smallest absolute Gasteiger partial charge is 0.274 e. The van der Waals surface area contributed by atoms with Crippen molar-refractivity contribution in [3.05, 3.63) is 58.9 Å². The SMILES string of the molecule is Cn1cccc1-c1nc(-c2nnn3c2CO[C@H](c2ccccc2Cl)C3)no1. The number of aromatic nitrogens is 6. The molecule has 0 bridgehead atoms. The molecule has 1 atom stereocenters. The lowest BCUT2D eigenvalue weighted by molar-refractivity contribution is -0.00106. The van der Waals surface area contributed by atoms with Gasteiger partial charge in [-0.05, 0) is 18.2 Å². The van der Waals surface area contributed by atoms with E-state index in [1.54, 1.807) is 0 Å². The van der Waals surface area contributed by atoms with Gasteiger partial charge in [0.2, 0.25) is 5.82 Å². The standard InChI is InChI=1S/C18H15ClN6O2/c1-24-8-4-7-13(24)18-20-17(22-27-18)16-14-10-26-15(9-25(14)23-21-16)11-5-2-3-6-12(11)19/h2-8,15H,9-10H2,1H3/t15-/m0/s1. The van der Waals surface area contributed by atoms with Crippen molar-refractivity contribution in [3.8, 4) is 23.1 Å². The molecular weight excluding hydrogens is 368 g/mol. The van der Waals surface area contributed by atoms with Crippen molar-refractivity contribution in [2.75, 3.05) is 0 Å². The number of ether oxygens (including phenoxy) is 1. The maximum atomic E-state index is 6.29. The minimum absolute atomic E-state index is 0.176. The number of halogens is 1. The molecule has 0 aliphatic carbocycles. The molecule has 3 aromatic heterocycles. The van der Waals surface area contributed by atoms with Crippen LogP contribution in [0.15, 0.2) is 47.1 Å². The fourth-order valence-electron chi connectivity index (χ4n) is 3.22. The van der Waals surface area contributed by atoms with Gasteiger partial charge in [0, 0.05) is 23.8 Å². The number of rotatable bonds is 3. The molecular formula is C18H15ClN6O2. The van der Waals surface area contributed by atoms with Crippen molar-refractivity contribution >= 4 is 11.6 Å². The fourth-order valence-corrected chi connectivity index (χ4v) is 3.47. The van der Waals surface area contributed by atoms with Crippen molar-refractivity contribution in [2.45, 2.75) is 19.3 Å². The summed E-state index contributed by atoms with van der Waals surface area (Å²) >= 11 is 6.29. The average Bonchev–Trinajstić information content (AvgIpc) is 3.40. The maximum Gasteiger partial charge on any atom is 0.274 e. The van der Waals surface area contributed by atoms with Crippen LogP contribution in [0.2, 0.25) is 5.02 Å². The van der Waals surface area contributed by atoms with E-state index >= 15 is 0 Å². The molecule has 1 aliphatic rings. The van der Waals surface area contributed by atoms with Crippen LogP contribution in [-0.2, 0) is 24.9 Å². The highest BCUT2D eigenvalue weighted by Crippen LogP contribution is 2.33. The van der Waals surface area contributed by atoms with Crippen LogP contribution in [0.4, 0.5) is 0 Å². The number of benzene rings is 1. The van der Waals surface area contributed by atoms with Gasteiger partial charge in [-0.15, -0.1) is 5.10 Å². The molecule has 136 valence electrons. The Morgan fingerprint density at radius 2 is 2.07 bits per heavy atom. The normalized spacial score (nSPS) is 16.4. The number of nitrogens with zero attached hydrogens (tertiary/aromatic N) is 6. The van der Waals surface area contributed by atoms with Crippen molar-refractivity contribution in [3.63, 3.8) is 0 Å². The van der Waals surface area contributed by atoms with Crippen LogP contribution < -0.4 is 0 Å². The summed E-state index contributed by atoms with van der Waals surface area (Å²) in [7, 11) is 1.92. The van der Waals surface area contributed by atoms with E-state index in [1.165, 1.54) is 0 Å². The van der Waals surface area contributed by atoms with Gasteiger partial charge in [-0.25, -0.2) is 4.68 Å². The van der Waals surface area contributed by atoms with Crippen LogP contribution in [0.1, 0.15) is 17.4 Å². The van der Waals surface area contributed by atoms with Crippen molar-refractivity contribution < 1.29 is 9.26 Å². The summed E-state index contributed by atoms with van der Waals surface area (Å²) < 4.78 is 15.1. The summed E-state index contributed by atoms with van der Waals surface area (Å²) in [4.78, 5) is 4.46. The molecule has 4 aromatic rings. The number of hydrogen-bond acceptors (Lipinski definition) is 6. The van der Waals surface area contributed by atoms with E-state index in [4.69, 9.17) is 20.9 Å². The predicted octanol–water partition coefficient (Wildman–Crippen LogP) is 3.26. The van der Waals surface area contributed by atoms with E-state index in [1.807, 2.05) is 58.9 Å². The molecule has 5 rings (SSSR count). The quantitative estimate of drug-likeness (QED) is 0.540. The molecule has 4 heterocycles. The third kappa shape index (κ3) is 2.73. The molecule has 0 radical (unpaired) electrons. The molecule has 0 fully saturated rings. The second kappa shape index (κ2) is 6.33. The van der Waals surface area contributed by atoms with Crippen LogP contribution in [0.5, 0.6) is 0 Å². The Hall–Kier alpha value is -2.97. The van der Waals surface area contributed by atoms with Crippen LogP contribution >= 0.6 is 11.6 Å². The van der Waals surface area contributed by atoms with Gasteiger partial charge in [0.25, 0.3) is 5.89 Å². The molecule has 0 saturated carbocycles. The van der Waals surface area contributed by atoms with Gasteiger partial charge in [-0.1, -0.05) is 40.2 Å². The highest BCUT2D eigenvalue weighted by atomic mass is 35.5. The first kappa shape index (κ1) is 16.2. The first-order chi connectivity index (χ1) is 13.2. The Morgan fingerprint density at radius 1 is 1.19 bits per heavy atom. The van der Waals surface area contributed by atoms with Gasteiger partial charge in [-0.2, -0.15) is 4.98 Å². The van der Waals surface area contributed by atoms with Crippen LogP contribution in [0, 0.1) is 0 Å². The van der Waals surface area contributed by atoms with E-state index in [9.17, 15) is 0 Å². The molecule has 0 spiro atoms. The third-order valence-electron chi connectivity index (χ3n) is 4.65. The van der Waals surface area contributed by atoms with Gasteiger partial charge in [0.1, 0.15) is 11.8 Å². The van der Waals surface area contributed by atoms with Gasteiger partial charge in [0.05, 0.1) is 18.8 Å². The fraction of sp³-hybridized carbons (Fsp3) is 0.222. The summed E-state index contributed by atoms with van der Waals surface area (Å²) in [6, 6.07) is 11.5. The number of fused-ring (bicyclic) bond motifs is 1. The Bertz CT molecular complexity index is 1110. The molecule has 1 aromatic carbocycles. The van der Waals surface area contributed by atoms with E-state index in [0.717, 1.165) is 17.0 Å². The van der Waals surface area contributed by atoms with Crippen LogP contribution in [-0.4, -0.2) is 29.7 Å². The van der Waals surface area contributed by atoms with Gasteiger partial charge in [0.15, 0.2) is 5.69 Å². The minimum Gasteiger partial charge on any atom is -0.365 e. The zero-order valence-electron chi connectivity index (χ0n) is 14.4. The first-order valence-electron chi connectivity index (χ1n) is 8.45. The molecule has 9 heteroatoms. The summed E-state index contributed by atoms with van der Waals surface area (Å²) in [5.41, 5.74) is 3.16. The lowest BCUT2D eigenvalue weighted by atomic mass is 10.1. The molecule has 1 aliphatic heterocycles. The Kier molecular flexibility index (Phi) is 3.80. The average molecular weight is 383 g/mol. The lowest BCUT2D eigenvalue weighted by Gasteiger charge is -2.24. The monoisotopic (exact) mass is 382 g/mol. The van der Waals surface area contributed by atoms with Crippen LogP contribution in [0.3, 0.4) is 0 Å². The topological polar surface area (TPSA) is 83.8 Å². The summed E-state index contributed by atoms with van der Waals surface area (Å²) in [5.74, 6) is 0.831. The zero-order chi connectivity index (χ0) is 18.4. The van der Waals surface area contributed by atoms with Crippen LogP contribution in [0.25, 0.3) is 23.1 Å². The highest BCUT2D eigenvalue weighted by molar-refractivity contribution is 6.31. The van der Waals surface area contributed by atoms with Crippen molar-refractivity contribution in [1.29, 1.82) is 0 Å². The highest BCUT2D eigenvalue weighted by Gasteiger charge is 2.28. The van der Waals surface area contributed by atoms with Crippen molar-refractivity contribution in [2.24, 2.45) is 7.05 Å². The zero-order valence-corrected chi connectivity index (χ0v) is 15.2.